The van der Waals surface area contributed by atoms with Crippen LogP contribution < -0.4 is 24.3 Å². The smallest absolute Gasteiger partial charge is 0.163 e. The summed E-state index contributed by atoms with van der Waals surface area (Å²) in [7, 11) is 3.26. The monoisotopic (exact) mass is 404 g/mol. The topological polar surface area (TPSA) is 79.1 Å². The lowest BCUT2D eigenvalue weighted by molar-refractivity contribution is 0.171. The number of hydrogen-bond acceptors (Lipinski definition) is 7. The minimum atomic E-state index is 0.527. The molecule has 0 aliphatic carbocycles. The summed E-state index contributed by atoms with van der Waals surface area (Å²) >= 11 is 0. The van der Waals surface area contributed by atoms with Crippen LogP contribution in [-0.4, -0.2) is 41.8 Å². The largest absolute Gasteiger partial charge is 0.496 e. The number of benzene rings is 2. The highest BCUT2D eigenvalue weighted by Crippen LogP contribution is 2.43. The third kappa shape index (κ3) is 3.02. The molecule has 0 unspecified atom stereocenters. The van der Waals surface area contributed by atoms with E-state index in [0.717, 1.165) is 28.5 Å². The molecule has 1 aliphatic rings. The first-order chi connectivity index (χ1) is 14.8. The van der Waals surface area contributed by atoms with Gasteiger partial charge in [0.1, 0.15) is 48.2 Å². The molecule has 1 aliphatic heterocycles. The van der Waals surface area contributed by atoms with Crippen LogP contribution in [0.4, 0.5) is 11.5 Å². The quantitative estimate of drug-likeness (QED) is 0.540. The molecule has 8 nitrogen and oxygen atoms in total. The molecule has 3 heterocycles. The maximum absolute atomic E-state index is 5.72. The van der Waals surface area contributed by atoms with Gasteiger partial charge in [-0.3, -0.25) is 4.40 Å². The number of methoxy groups -OCH3 is 2. The molecule has 8 heteroatoms. The van der Waals surface area contributed by atoms with Gasteiger partial charge in [0.2, 0.25) is 0 Å². The molecule has 4 aromatic rings. The minimum absolute atomic E-state index is 0.527. The van der Waals surface area contributed by atoms with Crippen LogP contribution in [0, 0.1) is 0 Å². The number of rotatable bonds is 5. The maximum atomic E-state index is 5.72. The van der Waals surface area contributed by atoms with Gasteiger partial charge in [-0.05, 0) is 30.3 Å². The van der Waals surface area contributed by atoms with Crippen molar-refractivity contribution < 1.29 is 18.9 Å². The molecule has 2 aromatic heterocycles. The van der Waals surface area contributed by atoms with Crippen molar-refractivity contribution in [3.05, 3.63) is 55.0 Å². The first-order valence-electron chi connectivity index (χ1n) is 9.48. The van der Waals surface area contributed by atoms with Crippen LogP contribution in [0.1, 0.15) is 0 Å². The fourth-order valence-electron chi connectivity index (χ4n) is 3.54. The number of nitrogens with one attached hydrogen (secondary N) is 1. The van der Waals surface area contributed by atoms with Gasteiger partial charge in [0, 0.05) is 18.0 Å². The Bertz CT molecular complexity index is 1200. The summed E-state index contributed by atoms with van der Waals surface area (Å²) in [5, 5.41) is 3.46. The molecule has 0 bridgehead atoms. The average Bonchev–Trinajstić information content (AvgIpc) is 3.16. The van der Waals surface area contributed by atoms with Gasteiger partial charge >= 0.3 is 0 Å². The SMILES string of the molecule is COc1cccc(OC)c1-c1nc2ccncn2c1Nc1ccc2c(c1)OCCO2. The molecule has 0 saturated heterocycles. The van der Waals surface area contributed by atoms with Crippen LogP contribution >= 0.6 is 0 Å². The van der Waals surface area contributed by atoms with Gasteiger partial charge < -0.3 is 24.3 Å². The van der Waals surface area contributed by atoms with Crippen molar-refractivity contribution in [2.75, 3.05) is 32.8 Å². The summed E-state index contributed by atoms with van der Waals surface area (Å²) in [5.41, 5.74) is 3.02. The maximum Gasteiger partial charge on any atom is 0.163 e. The molecule has 0 spiro atoms. The average molecular weight is 404 g/mol. The van der Waals surface area contributed by atoms with Gasteiger partial charge in [0.05, 0.1) is 19.8 Å². The molecule has 0 atom stereocenters. The predicted octanol–water partition coefficient (Wildman–Crippen LogP) is 3.93. The summed E-state index contributed by atoms with van der Waals surface area (Å²) in [6, 6.07) is 13.2. The second kappa shape index (κ2) is 7.47. The van der Waals surface area contributed by atoms with Crippen molar-refractivity contribution in [1.29, 1.82) is 0 Å². The Labute approximate surface area is 173 Å². The summed E-state index contributed by atoms with van der Waals surface area (Å²) in [6.45, 7) is 1.08. The molecule has 0 saturated carbocycles. The molecule has 5 rings (SSSR count). The summed E-state index contributed by atoms with van der Waals surface area (Å²) in [6.07, 6.45) is 3.42. The van der Waals surface area contributed by atoms with Gasteiger partial charge in [0.15, 0.2) is 11.5 Å². The van der Waals surface area contributed by atoms with Crippen molar-refractivity contribution in [2.45, 2.75) is 0 Å². The van der Waals surface area contributed by atoms with Gasteiger partial charge in [-0.2, -0.15) is 0 Å². The third-order valence-electron chi connectivity index (χ3n) is 4.90. The highest BCUT2D eigenvalue weighted by Gasteiger charge is 2.22. The van der Waals surface area contributed by atoms with E-state index in [0.29, 0.717) is 36.2 Å². The van der Waals surface area contributed by atoms with Gasteiger partial charge in [-0.15, -0.1) is 0 Å². The van der Waals surface area contributed by atoms with Crippen molar-refractivity contribution in [1.82, 2.24) is 14.4 Å². The number of aromatic nitrogens is 3. The lowest BCUT2D eigenvalue weighted by atomic mass is 10.1. The molecule has 0 radical (unpaired) electrons. The van der Waals surface area contributed by atoms with Gasteiger partial charge in [-0.1, -0.05) is 6.07 Å². The third-order valence-corrected chi connectivity index (χ3v) is 4.90. The first-order valence-corrected chi connectivity index (χ1v) is 9.48. The molecular formula is C22H20N4O4. The fourth-order valence-corrected chi connectivity index (χ4v) is 3.54. The zero-order valence-electron chi connectivity index (χ0n) is 16.6. The Balaban J connectivity index is 1.68. The number of nitrogens with zero attached hydrogens (tertiary/aromatic N) is 3. The van der Waals surface area contributed by atoms with Crippen molar-refractivity contribution in [3.8, 4) is 34.3 Å². The van der Waals surface area contributed by atoms with Crippen LogP contribution in [0.2, 0.25) is 0 Å². The van der Waals surface area contributed by atoms with E-state index in [2.05, 4.69) is 10.3 Å². The Morgan fingerprint density at radius 2 is 1.73 bits per heavy atom. The van der Waals surface area contributed by atoms with E-state index >= 15 is 0 Å². The van der Waals surface area contributed by atoms with E-state index < -0.39 is 0 Å². The Morgan fingerprint density at radius 3 is 2.50 bits per heavy atom. The van der Waals surface area contributed by atoms with Crippen LogP contribution in [0.15, 0.2) is 55.0 Å². The number of ether oxygens (including phenoxy) is 4. The normalized spacial score (nSPS) is 12.6. The number of anilines is 2. The molecule has 30 heavy (non-hydrogen) atoms. The Hall–Kier alpha value is -3.94. The van der Waals surface area contributed by atoms with Gasteiger partial charge in [-0.25, -0.2) is 9.97 Å². The fraction of sp³-hybridized carbons (Fsp3) is 0.182. The Morgan fingerprint density at radius 1 is 0.967 bits per heavy atom. The standard InChI is InChI=1S/C22H20N4O4/c1-27-16-4-3-5-17(28-2)20(16)21-22(26-13-23-9-8-19(26)25-21)24-14-6-7-15-18(12-14)30-11-10-29-15/h3-9,12-13,24H,10-11H2,1-2H3. The second-order valence-electron chi connectivity index (χ2n) is 6.64. The highest BCUT2D eigenvalue weighted by molar-refractivity contribution is 5.86. The first kappa shape index (κ1) is 18.1. The molecule has 0 amide bonds. The van der Waals surface area contributed by atoms with Crippen molar-refractivity contribution in [2.24, 2.45) is 0 Å². The Kier molecular flexibility index (Phi) is 4.51. The number of fused-ring (bicyclic) bond motifs is 2. The van der Waals surface area contributed by atoms with Gasteiger partial charge in [0.25, 0.3) is 0 Å². The van der Waals surface area contributed by atoms with Crippen LogP contribution in [-0.2, 0) is 0 Å². The summed E-state index contributed by atoms with van der Waals surface area (Å²) in [5.74, 6) is 3.50. The van der Waals surface area contributed by atoms with Crippen LogP contribution in [0.5, 0.6) is 23.0 Å². The van der Waals surface area contributed by atoms with E-state index in [9.17, 15) is 0 Å². The minimum Gasteiger partial charge on any atom is -0.496 e. The predicted molar refractivity (Wildman–Crippen MR) is 112 cm³/mol. The van der Waals surface area contributed by atoms with Crippen LogP contribution in [0.25, 0.3) is 16.9 Å². The van der Waals surface area contributed by atoms with E-state index in [1.807, 2.05) is 46.9 Å². The molecule has 0 fully saturated rings. The summed E-state index contributed by atoms with van der Waals surface area (Å²) in [4.78, 5) is 9.08. The molecule has 2 aromatic carbocycles. The number of imidazole rings is 1. The highest BCUT2D eigenvalue weighted by atomic mass is 16.6. The van der Waals surface area contributed by atoms with Crippen LogP contribution in [0.3, 0.4) is 0 Å². The van der Waals surface area contributed by atoms with Crippen molar-refractivity contribution in [3.63, 3.8) is 0 Å². The van der Waals surface area contributed by atoms with E-state index in [1.54, 1.807) is 26.7 Å². The zero-order valence-corrected chi connectivity index (χ0v) is 16.6. The lowest BCUT2D eigenvalue weighted by Gasteiger charge is -2.19. The van der Waals surface area contributed by atoms with E-state index in [1.165, 1.54) is 0 Å². The van der Waals surface area contributed by atoms with E-state index in [-0.39, 0.29) is 0 Å². The molecule has 1 N–H and O–H groups in total. The van der Waals surface area contributed by atoms with Crippen molar-refractivity contribution >= 4 is 17.2 Å². The van der Waals surface area contributed by atoms with E-state index in [4.69, 9.17) is 23.9 Å². The number of hydrogen-bond donors (Lipinski definition) is 1. The second-order valence-corrected chi connectivity index (χ2v) is 6.64. The lowest BCUT2D eigenvalue weighted by Crippen LogP contribution is -2.15. The molecule has 152 valence electrons. The molecular weight excluding hydrogens is 384 g/mol. The zero-order chi connectivity index (χ0) is 20.5. The summed E-state index contributed by atoms with van der Waals surface area (Å²) < 4.78 is 24.4.